The van der Waals surface area contributed by atoms with Gasteiger partial charge < -0.3 is 0 Å². The summed E-state index contributed by atoms with van der Waals surface area (Å²) in [7, 11) is 0. The van der Waals surface area contributed by atoms with Gasteiger partial charge in [0, 0.05) is 15.4 Å². The van der Waals surface area contributed by atoms with Crippen molar-refractivity contribution in [2.45, 2.75) is 0 Å². The lowest BCUT2D eigenvalue weighted by Gasteiger charge is -1.96. The van der Waals surface area contributed by atoms with E-state index < -0.39 is 0 Å². The van der Waals surface area contributed by atoms with E-state index in [1.54, 1.807) is 12.3 Å². The first-order valence-electron chi connectivity index (χ1n) is 6.31. The number of amides is 1. The predicted octanol–water partition coefficient (Wildman–Crippen LogP) is 4.40. The molecule has 110 valence electrons. The molecule has 0 aliphatic rings. The van der Waals surface area contributed by atoms with Crippen LogP contribution in [0.4, 0.5) is 0 Å². The zero-order valence-electron chi connectivity index (χ0n) is 11.2. The fourth-order valence-electron chi connectivity index (χ4n) is 1.72. The molecule has 1 N–H and O–H groups in total. The van der Waals surface area contributed by atoms with Gasteiger partial charge in [-0.2, -0.15) is 5.10 Å². The lowest BCUT2D eigenvalue weighted by Crippen LogP contribution is -2.16. The molecule has 7 heteroatoms. The molecule has 0 bridgehead atoms. The topological polar surface area (TPSA) is 54.4 Å². The lowest BCUT2D eigenvalue weighted by molar-refractivity contribution is 0.0959. The van der Waals surface area contributed by atoms with Crippen LogP contribution >= 0.6 is 38.6 Å². The summed E-state index contributed by atoms with van der Waals surface area (Å²) in [5.74, 6) is -0.214. The second kappa shape index (κ2) is 6.95. The minimum atomic E-state index is -0.214. The Labute approximate surface area is 143 Å². The van der Waals surface area contributed by atoms with Crippen LogP contribution in [0.3, 0.4) is 0 Å². The summed E-state index contributed by atoms with van der Waals surface area (Å²) in [5, 5.41) is 8.60. The summed E-state index contributed by atoms with van der Waals surface area (Å²) in [6.07, 6.45) is 1.55. The molecule has 0 radical (unpaired) electrons. The molecule has 0 spiro atoms. The SMILES string of the molecule is O=C(N/N=C\c1csc(-c2cccc(Br)c2)n1)c1cccs1. The minimum absolute atomic E-state index is 0.214. The van der Waals surface area contributed by atoms with Crippen molar-refractivity contribution in [2.24, 2.45) is 5.10 Å². The van der Waals surface area contributed by atoms with Gasteiger partial charge in [-0.1, -0.05) is 34.1 Å². The number of thiazole rings is 1. The number of carbonyl (C=O) groups is 1. The fourth-order valence-corrected chi connectivity index (χ4v) is 3.50. The molecular weight excluding hydrogens is 382 g/mol. The van der Waals surface area contributed by atoms with Crippen LogP contribution in [0.5, 0.6) is 0 Å². The van der Waals surface area contributed by atoms with Crippen LogP contribution in [0, 0.1) is 0 Å². The number of halogens is 1. The molecule has 3 rings (SSSR count). The Balaban J connectivity index is 1.67. The van der Waals surface area contributed by atoms with Gasteiger partial charge in [0.05, 0.1) is 16.8 Å². The zero-order chi connectivity index (χ0) is 15.4. The third-order valence-electron chi connectivity index (χ3n) is 2.70. The van der Waals surface area contributed by atoms with Crippen molar-refractivity contribution in [1.82, 2.24) is 10.4 Å². The van der Waals surface area contributed by atoms with E-state index in [0.29, 0.717) is 10.6 Å². The average Bonchev–Trinajstić information content (AvgIpc) is 3.19. The monoisotopic (exact) mass is 391 g/mol. The molecule has 0 fully saturated rings. The van der Waals surface area contributed by atoms with Crippen LogP contribution < -0.4 is 5.43 Å². The molecule has 2 heterocycles. The van der Waals surface area contributed by atoms with Gasteiger partial charge in [0.25, 0.3) is 5.91 Å². The molecule has 22 heavy (non-hydrogen) atoms. The number of hydrogen-bond acceptors (Lipinski definition) is 5. The molecule has 0 atom stereocenters. The number of hydrazone groups is 1. The average molecular weight is 392 g/mol. The van der Waals surface area contributed by atoms with Gasteiger partial charge in [-0.3, -0.25) is 4.79 Å². The Morgan fingerprint density at radius 1 is 1.27 bits per heavy atom. The molecule has 4 nitrogen and oxygen atoms in total. The predicted molar refractivity (Wildman–Crippen MR) is 94.6 cm³/mol. The van der Waals surface area contributed by atoms with Crippen molar-refractivity contribution < 1.29 is 4.79 Å². The number of rotatable bonds is 4. The van der Waals surface area contributed by atoms with Crippen LogP contribution in [0.1, 0.15) is 15.4 Å². The molecule has 1 aromatic carbocycles. The molecule has 2 aromatic heterocycles. The van der Waals surface area contributed by atoms with E-state index in [0.717, 1.165) is 15.0 Å². The van der Waals surface area contributed by atoms with Gasteiger partial charge in [-0.15, -0.1) is 22.7 Å². The van der Waals surface area contributed by atoms with Gasteiger partial charge in [0.15, 0.2) is 0 Å². The second-order valence-electron chi connectivity index (χ2n) is 4.26. The molecule has 3 aromatic rings. The van der Waals surface area contributed by atoms with Crippen LogP contribution in [-0.2, 0) is 0 Å². The number of aromatic nitrogens is 1. The van der Waals surface area contributed by atoms with E-state index in [4.69, 9.17) is 0 Å². The maximum atomic E-state index is 11.7. The highest BCUT2D eigenvalue weighted by molar-refractivity contribution is 9.10. The third-order valence-corrected chi connectivity index (χ3v) is 4.97. The molecule has 0 aliphatic carbocycles. The Kier molecular flexibility index (Phi) is 4.77. The molecule has 0 saturated heterocycles. The number of nitrogens with zero attached hydrogens (tertiary/aromatic N) is 2. The van der Waals surface area contributed by atoms with Gasteiger partial charge in [0.1, 0.15) is 5.01 Å². The van der Waals surface area contributed by atoms with Crippen LogP contribution in [0.25, 0.3) is 10.6 Å². The number of hydrogen-bond donors (Lipinski definition) is 1. The van der Waals surface area contributed by atoms with Gasteiger partial charge in [-0.05, 0) is 23.6 Å². The fraction of sp³-hybridized carbons (Fsp3) is 0. The number of carbonyl (C=O) groups excluding carboxylic acids is 1. The number of benzene rings is 1. The van der Waals surface area contributed by atoms with E-state index in [-0.39, 0.29) is 5.91 Å². The number of nitrogens with one attached hydrogen (secondary N) is 1. The first-order chi connectivity index (χ1) is 10.7. The Bertz CT molecular complexity index is 812. The van der Waals surface area contributed by atoms with Gasteiger partial charge in [0.2, 0.25) is 0 Å². The summed E-state index contributed by atoms with van der Waals surface area (Å²) in [4.78, 5) is 16.8. The van der Waals surface area contributed by atoms with Crippen molar-refractivity contribution in [3.05, 3.63) is 62.2 Å². The summed E-state index contributed by atoms with van der Waals surface area (Å²) in [5.41, 5.74) is 4.25. The first kappa shape index (κ1) is 15.1. The molecule has 0 saturated carbocycles. The maximum absolute atomic E-state index is 11.7. The van der Waals surface area contributed by atoms with E-state index in [2.05, 4.69) is 31.4 Å². The Morgan fingerprint density at radius 2 is 2.18 bits per heavy atom. The Morgan fingerprint density at radius 3 is 2.95 bits per heavy atom. The standard InChI is InChI=1S/C15H10BrN3OS2/c16-11-4-1-3-10(7-11)15-18-12(9-22-15)8-17-19-14(20)13-5-2-6-21-13/h1-9H,(H,19,20)/b17-8-. The van der Waals surface area contributed by atoms with Crippen LogP contribution in [0.2, 0.25) is 0 Å². The highest BCUT2D eigenvalue weighted by Gasteiger charge is 2.05. The van der Waals surface area contributed by atoms with E-state index in [1.165, 1.54) is 22.7 Å². The van der Waals surface area contributed by atoms with Crippen molar-refractivity contribution in [3.63, 3.8) is 0 Å². The zero-order valence-corrected chi connectivity index (χ0v) is 14.4. The highest BCUT2D eigenvalue weighted by atomic mass is 79.9. The highest BCUT2D eigenvalue weighted by Crippen LogP contribution is 2.25. The lowest BCUT2D eigenvalue weighted by atomic mass is 10.2. The maximum Gasteiger partial charge on any atom is 0.281 e. The van der Waals surface area contributed by atoms with Crippen molar-refractivity contribution in [3.8, 4) is 10.6 Å². The largest absolute Gasteiger partial charge is 0.281 e. The van der Waals surface area contributed by atoms with Gasteiger partial charge in [-0.25, -0.2) is 10.4 Å². The first-order valence-corrected chi connectivity index (χ1v) is 8.86. The molecule has 0 unspecified atom stereocenters. The molecular formula is C15H10BrN3OS2. The van der Waals surface area contributed by atoms with E-state index >= 15 is 0 Å². The van der Waals surface area contributed by atoms with Crippen LogP contribution in [-0.4, -0.2) is 17.1 Å². The van der Waals surface area contributed by atoms with E-state index in [1.807, 2.05) is 41.1 Å². The van der Waals surface area contributed by atoms with Crippen molar-refractivity contribution in [2.75, 3.05) is 0 Å². The summed E-state index contributed by atoms with van der Waals surface area (Å²) in [6.45, 7) is 0. The summed E-state index contributed by atoms with van der Waals surface area (Å²) in [6, 6.07) is 11.5. The smallest absolute Gasteiger partial charge is 0.266 e. The van der Waals surface area contributed by atoms with Crippen molar-refractivity contribution in [1.29, 1.82) is 0 Å². The minimum Gasteiger partial charge on any atom is -0.266 e. The summed E-state index contributed by atoms with van der Waals surface area (Å²) < 4.78 is 1.01. The van der Waals surface area contributed by atoms with Crippen molar-refractivity contribution >= 4 is 50.7 Å². The Hall–Kier alpha value is -1.83. The second-order valence-corrected chi connectivity index (χ2v) is 6.99. The van der Waals surface area contributed by atoms with Gasteiger partial charge >= 0.3 is 0 Å². The molecule has 0 aliphatic heterocycles. The van der Waals surface area contributed by atoms with E-state index in [9.17, 15) is 4.79 Å². The number of thiophene rings is 1. The quantitative estimate of drug-likeness (QED) is 0.529. The normalized spacial score (nSPS) is 11.0. The third kappa shape index (κ3) is 3.68. The summed E-state index contributed by atoms with van der Waals surface area (Å²) >= 11 is 6.36. The van der Waals surface area contributed by atoms with Crippen LogP contribution in [0.15, 0.2) is 56.7 Å². The molecule has 1 amide bonds.